The van der Waals surface area contributed by atoms with Crippen LogP contribution in [0.25, 0.3) is 0 Å². The second kappa shape index (κ2) is 9.52. The third-order valence-electron chi connectivity index (χ3n) is 4.39. The van der Waals surface area contributed by atoms with Crippen molar-refractivity contribution in [2.75, 3.05) is 5.32 Å². The molecular formula is C24H23BrN2O2. The first-order valence-corrected chi connectivity index (χ1v) is 10.2. The van der Waals surface area contributed by atoms with Crippen molar-refractivity contribution in [3.05, 3.63) is 87.9 Å². The lowest BCUT2D eigenvalue weighted by atomic mass is 10.0. The fourth-order valence-electron chi connectivity index (χ4n) is 2.81. The van der Waals surface area contributed by atoms with Crippen LogP contribution in [0.15, 0.2) is 76.2 Å². The highest BCUT2D eigenvalue weighted by Crippen LogP contribution is 2.30. The molecule has 0 unspecified atom stereocenters. The third-order valence-corrected chi connectivity index (χ3v) is 5.00. The van der Waals surface area contributed by atoms with Gasteiger partial charge < -0.3 is 10.4 Å². The summed E-state index contributed by atoms with van der Waals surface area (Å²) in [5.41, 5.74) is 4.28. The Bertz CT molecular complexity index is 1030. The van der Waals surface area contributed by atoms with E-state index in [1.54, 1.807) is 12.3 Å². The van der Waals surface area contributed by atoms with Crippen LogP contribution in [0.2, 0.25) is 0 Å². The molecular weight excluding hydrogens is 428 g/mol. The molecule has 0 aliphatic heterocycles. The number of rotatable bonds is 6. The van der Waals surface area contributed by atoms with Crippen LogP contribution in [-0.2, 0) is 11.2 Å². The first-order chi connectivity index (χ1) is 13.9. The normalized spacial score (nSPS) is 11.2. The zero-order chi connectivity index (χ0) is 20.8. The molecule has 0 atom stereocenters. The summed E-state index contributed by atoms with van der Waals surface area (Å²) in [5, 5.41) is 13.3. The molecule has 3 aromatic carbocycles. The first kappa shape index (κ1) is 20.8. The Kier molecular flexibility index (Phi) is 6.83. The van der Waals surface area contributed by atoms with Gasteiger partial charge in [-0.3, -0.25) is 9.79 Å². The zero-order valence-electron chi connectivity index (χ0n) is 16.4. The molecule has 0 saturated carbocycles. The SMILES string of the molecule is CC(C)C(=O)Nc1cccc(N=Cc2cc(Cc3ccccc3)cc(Br)c2O)c1. The molecule has 3 aromatic rings. The van der Waals surface area contributed by atoms with Crippen LogP contribution in [-0.4, -0.2) is 17.2 Å². The second-order valence-corrected chi connectivity index (χ2v) is 7.98. The van der Waals surface area contributed by atoms with Crippen LogP contribution in [0.3, 0.4) is 0 Å². The van der Waals surface area contributed by atoms with Gasteiger partial charge in [0.25, 0.3) is 0 Å². The highest BCUT2D eigenvalue weighted by molar-refractivity contribution is 9.10. The molecule has 2 N–H and O–H groups in total. The minimum atomic E-state index is -0.0937. The fraction of sp³-hybridized carbons (Fsp3) is 0.167. The number of anilines is 1. The van der Waals surface area contributed by atoms with Gasteiger partial charge in [-0.15, -0.1) is 0 Å². The summed E-state index contributed by atoms with van der Waals surface area (Å²) in [6.45, 7) is 3.70. The molecule has 1 amide bonds. The predicted molar refractivity (Wildman–Crippen MR) is 122 cm³/mol. The van der Waals surface area contributed by atoms with Crippen LogP contribution < -0.4 is 5.32 Å². The molecule has 0 aliphatic rings. The van der Waals surface area contributed by atoms with Crippen molar-refractivity contribution in [2.45, 2.75) is 20.3 Å². The maximum absolute atomic E-state index is 11.9. The molecule has 0 fully saturated rings. The summed E-state index contributed by atoms with van der Waals surface area (Å²) in [6.07, 6.45) is 2.40. The monoisotopic (exact) mass is 450 g/mol. The second-order valence-electron chi connectivity index (χ2n) is 7.13. The summed E-state index contributed by atoms with van der Waals surface area (Å²) in [6, 6.07) is 21.3. The van der Waals surface area contributed by atoms with Gasteiger partial charge in [0, 0.05) is 23.4 Å². The number of amides is 1. The molecule has 0 heterocycles. The Balaban J connectivity index is 1.82. The van der Waals surface area contributed by atoms with E-state index in [4.69, 9.17) is 0 Å². The molecule has 0 spiro atoms. The number of phenolic OH excluding ortho intramolecular Hbond substituents is 1. The maximum Gasteiger partial charge on any atom is 0.226 e. The van der Waals surface area contributed by atoms with Gasteiger partial charge in [-0.2, -0.15) is 0 Å². The number of nitrogens with one attached hydrogen (secondary N) is 1. The molecule has 0 aliphatic carbocycles. The number of hydrogen-bond acceptors (Lipinski definition) is 3. The van der Waals surface area contributed by atoms with E-state index in [0.717, 1.165) is 12.0 Å². The van der Waals surface area contributed by atoms with Crippen molar-refractivity contribution >= 4 is 39.4 Å². The van der Waals surface area contributed by atoms with Gasteiger partial charge in [-0.05, 0) is 63.8 Å². The number of carbonyl (C=O) groups excluding carboxylic acids is 1. The molecule has 3 rings (SSSR count). The largest absolute Gasteiger partial charge is 0.506 e. The summed E-state index contributed by atoms with van der Waals surface area (Å²) in [4.78, 5) is 16.4. The Morgan fingerprint density at radius 1 is 1.07 bits per heavy atom. The van der Waals surface area contributed by atoms with E-state index in [1.165, 1.54) is 5.56 Å². The van der Waals surface area contributed by atoms with Gasteiger partial charge in [0.1, 0.15) is 5.75 Å². The number of aromatic hydroxyl groups is 1. The van der Waals surface area contributed by atoms with Gasteiger partial charge in [-0.25, -0.2) is 0 Å². The maximum atomic E-state index is 11.9. The Hall–Kier alpha value is -2.92. The molecule has 0 bridgehead atoms. The molecule has 29 heavy (non-hydrogen) atoms. The average Bonchev–Trinajstić information content (AvgIpc) is 2.70. The van der Waals surface area contributed by atoms with E-state index in [-0.39, 0.29) is 17.6 Å². The number of aliphatic imine (C=N–C) groups is 1. The predicted octanol–water partition coefficient (Wildman–Crippen LogP) is 6.09. The van der Waals surface area contributed by atoms with Crippen molar-refractivity contribution < 1.29 is 9.90 Å². The third kappa shape index (κ3) is 5.78. The lowest BCUT2D eigenvalue weighted by Crippen LogP contribution is -2.17. The highest BCUT2D eigenvalue weighted by atomic mass is 79.9. The van der Waals surface area contributed by atoms with E-state index < -0.39 is 0 Å². The van der Waals surface area contributed by atoms with Crippen molar-refractivity contribution in [3.8, 4) is 5.75 Å². The van der Waals surface area contributed by atoms with E-state index in [0.29, 0.717) is 21.4 Å². The smallest absolute Gasteiger partial charge is 0.226 e. The van der Waals surface area contributed by atoms with Crippen LogP contribution >= 0.6 is 15.9 Å². The summed E-state index contributed by atoms with van der Waals surface area (Å²) in [7, 11) is 0. The molecule has 0 radical (unpaired) electrons. The Morgan fingerprint density at radius 3 is 2.55 bits per heavy atom. The van der Waals surface area contributed by atoms with E-state index in [9.17, 15) is 9.90 Å². The van der Waals surface area contributed by atoms with Crippen molar-refractivity contribution in [1.29, 1.82) is 0 Å². The number of carbonyl (C=O) groups is 1. The van der Waals surface area contributed by atoms with Gasteiger partial charge >= 0.3 is 0 Å². The Morgan fingerprint density at radius 2 is 1.83 bits per heavy atom. The zero-order valence-corrected chi connectivity index (χ0v) is 18.0. The molecule has 4 nitrogen and oxygen atoms in total. The molecule has 0 saturated heterocycles. The van der Waals surface area contributed by atoms with Crippen molar-refractivity contribution in [1.82, 2.24) is 0 Å². The minimum Gasteiger partial charge on any atom is -0.506 e. The van der Waals surface area contributed by atoms with Crippen LogP contribution in [0, 0.1) is 5.92 Å². The molecule has 0 aromatic heterocycles. The Labute approximate surface area is 179 Å². The molecule has 148 valence electrons. The summed E-state index contributed by atoms with van der Waals surface area (Å²) >= 11 is 3.43. The van der Waals surface area contributed by atoms with Crippen molar-refractivity contribution in [2.24, 2.45) is 10.9 Å². The summed E-state index contributed by atoms with van der Waals surface area (Å²) in [5.74, 6) is 0.0138. The van der Waals surface area contributed by atoms with E-state index in [2.05, 4.69) is 38.4 Å². The van der Waals surface area contributed by atoms with Gasteiger partial charge in [0.15, 0.2) is 0 Å². The van der Waals surface area contributed by atoms with Crippen LogP contribution in [0.1, 0.15) is 30.5 Å². The quantitative estimate of drug-likeness (QED) is 0.446. The van der Waals surface area contributed by atoms with Crippen LogP contribution in [0.5, 0.6) is 5.75 Å². The van der Waals surface area contributed by atoms with Gasteiger partial charge in [0.2, 0.25) is 5.91 Å². The number of nitrogens with zero attached hydrogens (tertiary/aromatic N) is 1. The van der Waals surface area contributed by atoms with E-state index in [1.807, 2.05) is 62.4 Å². The average molecular weight is 451 g/mol. The fourth-order valence-corrected chi connectivity index (χ4v) is 3.33. The standard InChI is InChI=1S/C24H23BrN2O2/c1-16(2)24(29)27-21-10-6-9-20(14-21)26-15-19-12-18(13-22(25)23(19)28)11-17-7-4-3-5-8-17/h3-10,12-16,28H,11H2,1-2H3,(H,27,29). The van der Waals surface area contributed by atoms with Crippen LogP contribution in [0.4, 0.5) is 11.4 Å². The highest BCUT2D eigenvalue weighted by Gasteiger charge is 2.09. The summed E-state index contributed by atoms with van der Waals surface area (Å²) < 4.78 is 0.630. The number of phenols is 1. The minimum absolute atomic E-state index is 0.0404. The van der Waals surface area contributed by atoms with Crippen molar-refractivity contribution in [3.63, 3.8) is 0 Å². The van der Waals surface area contributed by atoms with Gasteiger partial charge in [-0.1, -0.05) is 50.2 Å². The van der Waals surface area contributed by atoms with Gasteiger partial charge in [0.05, 0.1) is 10.2 Å². The van der Waals surface area contributed by atoms with E-state index >= 15 is 0 Å². The number of hydrogen-bond donors (Lipinski definition) is 2. The number of halogens is 1. The lowest BCUT2D eigenvalue weighted by Gasteiger charge is -2.09. The first-order valence-electron chi connectivity index (χ1n) is 9.42. The molecule has 5 heteroatoms. The number of benzene rings is 3. The topological polar surface area (TPSA) is 61.7 Å². The lowest BCUT2D eigenvalue weighted by molar-refractivity contribution is -0.118.